The van der Waals surface area contributed by atoms with Gasteiger partial charge >= 0.3 is 0 Å². The van der Waals surface area contributed by atoms with Gasteiger partial charge in [-0.15, -0.1) is 0 Å². The molecule has 4 fully saturated rings. The number of rotatable bonds is 4. The van der Waals surface area contributed by atoms with Crippen LogP contribution < -0.4 is 14.5 Å². The molecule has 3 aliphatic heterocycles. The summed E-state index contributed by atoms with van der Waals surface area (Å²) in [5, 5.41) is 9.84. The highest BCUT2D eigenvalue weighted by molar-refractivity contribution is 5.95. The predicted molar refractivity (Wildman–Crippen MR) is 121 cm³/mol. The second-order valence-corrected chi connectivity index (χ2v) is 9.88. The van der Waals surface area contributed by atoms with Crippen LogP contribution in [0.2, 0.25) is 0 Å². The number of ether oxygens (including phenoxy) is 1. The number of amides is 2. The van der Waals surface area contributed by atoms with Gasteiger partial charge in [-0.1, -0.05) is 0 Å². The van der Waals surface area contributed by atoms with E-state index in [0.29, 0.717) is 18.7 Å². The van der Waals surface area contributed by atoms with E-state index in [9.17, 15) is 14.7 Å². The SMILES string of the molecule is COc1cc(N2CCCC2=O)cnc1N1CCCC2(CCN(C3CCC(O)CC3)C2=O)C1. The molecule has 1 spiro atoms. The summed E-state index contributed by atoms with van der Waals surface area (Å²) in [7, 11) is 1.63. The van der Waals surface area contributed by atoms with E-state index in [1.807, 2.05) is 6.07 Å². The molecule has 2 amide bonds. The summed E-state index contributed by atoms with van der Waals surface area (Å²) in [6.45, 7) is 3.03. The maximum Gasteiger partial charge on any atom is 0.230 e. The molecule has 8 heteroatoms. The molecule has 5 rings (SSSR count). The van der Waals surface area contributed by atoms with Crippen molar-refractivity contribution in [1.82, 2.24) is 9.88 Å². The van der Waals surface area contributed by atoms with Crippen LogP contribution in [0.4, 0.5) is 11.5 Å². The van der Waals surface area contributed by atoms with E-state index < -0.39 is 0 Å². The highest BCUT2D eigenvalue weighted by Gasteiger charge is 2.51. The molecule has 1 aromatic heterocycles. The van der Waals surface area contributed by atoms with Gasteiger partial charge in [-0.3, -0.25) is 9.59 Å². The molecule has 0 aromatic carbocycles. The largest absolute Gasteiger partial charge is 0.493 e. The molecule has 1 aliphatic carbocycles. The van der Waals surface area contributed by atoms with Gasteiger partial charge in [0.1, 0.15) is 0 Å². The van der Waals surface area contributed by atoms with Crippen molar-refractivity contribution in [3.05, 3.63) is 12.3 Å². The highest BCUT2D eigenvalue weighted by atomic mass is 16.5. The third kappa shape index (κ3) is 3.72. The first-order chi connectivity index (χ1) is 15.5. The summed E-state index contributed by atoms with van der Waals surface area (Å²) < 4.78 is 5.68. The number of aliphatic hydroxyl groups is 1. The van der Waals surface area contributed by atoms with E-state index in [1.54, 1.807) is 18.2 Å². The fourth-order valence-electron chi connectivity index (χ4n) is 6.14. The molecule has 1 N–H and O–H groups in total. The Hall–Kier alpha value is -2.35. The molecule has 8 nitrogen and oxygen atoms in total. The summed E-state index contributed by atoms with van der Waals surface area (Å²) in [5.41, 5.74) is 0.423. The van der Waals surface area contributed by atoms with E-state index in [4.69, 9.17) is 9.72 Å². The summed E-state index contributed by atoms with van der Waals surface area (Å²) in [6, 6.07) is 2.17. The minimum atomic E-state index is -0.357. The average molecular weight is 443 g/mol. The fourth-order valence-corrected chi connectivity index (χ4v) is 6.14. The minimum Gasteiger partial charge on any atom is -0.493 e. The Bertz CT molecular complexity index is 885. The molecule has 4 heterocycles. The van der Waals surface area contributed by atoms with Crippen LogP contribution in [0.1, 0.15) is 57.8 Å². The van der Waals surface area contributed by atoms with Crippen LogP contribution in [0.5, 0.6) is 5.75 Å². The van der Waals surface area contributed by atoms with Crippen molar-refractivity contribution in [3.8, 4) is 5.75 Å². The highest BCUT2D eigenvalue weighted by Crippen LogP contribution is 2.44. The standard InChI is InChI=1S/C24H34N4O4/c1-32-20-14-18(27-12-2-4-21(27)30)15-25-22(20)26-11-3-9-24(16-26)10-13-28(23(24)31)17-5-7-19(29)8-6-17/h14-15,17,19,29H,2-13,16H2,1H3. The third-order valence-corrected chi connectivity index (χ3v) is 7.95. The van der Waals surface area contributed by atoms with E-state index in [0.717, 1.165) is 82.5 Å². The number of hydrogen-bond acceptors (Lipinski definition) is 6. The van der Waals surface area contributed by atoms with Crippen LogP contribution in [0.15, 0.2) is 12.3 Å². The molecule has 32 heavy (non-hydrogen) atoms. The maximum atomic E-state index is 13.6. The number of piperidine rings is 1. The topological polar surface area (TPSA) is 86.2 Å². The second-order valence-electron chi connectivity index (χ2n) is 9.88. The Morgan fingerprint density at radius 3 is 2.62 bits per heavy atom. The molecule has 1 aromatic rings. The quantitative estimate of drug-likeness (QED) is 0.770. The van der Waals surface area contributed by atoms with Crippen LogP contribution in [-0.2, 0) is 9.59 Å². The molecule has 1 saturated carbocycles. The van der Waals surface area contributed by atoms with Gasteiger partial charge in [-0.25, -0.2) is 4.98 Å². The number of anilines is 2. The number of nitrogens with zero attached hydrogens (tertiary/aromatic N) is 4. The molecule has 3 saturated heterocycles. The zero-order chi connectivity index (χ0) is 22.3. The van der Waals surface area contributed by atoms with Crippen molar-refractivity contribution < 1.29 is 19.4 Å². The molecular formula is C24H34N4O4. The Balaban J connectivity index is 1.34. The molecule has 4 aliphatic rings. The molecule has 1 unspecified atom stereocenters. The van der Waals surface area contributed by atoms with Gasteiger partial charge in [-0.2, -0.15) is 0 Å². The number of pyridine rings is 1. The van der Waals surface area contributed by atoms with Gasteiger partial charge in [0.05, 0.1) is 30.5 Å². The van der Waals surface area contributed by atoms with E-state index >= 15 is 0 Å². The number of aliphatic hydroxyl groups excluding tert-OH is 1. The molecular weight excluding hydrogens is 408 g/mol. The average Bonchev–Trinajstić information content (AvgIpc) is 3.37. The fraction of sp³-hybridized carbons (Fsp3) is 0.708. The van der Waals surface area contributed by atoms with Gasteiger partial charge < -0.3 is 24.5 Å². The van der Waals surface area contributed by atoms with Crippen LogP contribution >= 0.6 is 0 Å². The number of carbonyl (C=O) groups excluding carboxylic acids is 2. The molecule has 0 radical (unpaired) electrons. The Kier molecular flexibility index (Phi) is 5.73. The normalized spacial score (nSPS) is 31.1. The van der Waals surface area contributed by atoms with Gasteiger partial charge in [0.25, 0.3) is 0 Å². The lowest BCUT2D eigenvalue weighted by Gasteiger charge is -2.41. The van der Waals surface area contributed by atoms with Crippen molar-refractivity contribution in [2.75, 3.05) is 43.1 Å². The molecule has 174 valence electrons. The number of aromatic nitrogens is 1. The first kappa shape index (κ1) is 21.5. The zero-order valence-corrected chi connectivity index (χ0v) is 19.0. The van der Waals surface area contributed by atoms with Crippen molar-refractivity contribution in [2.24, 2.45) is 5.41 Å². The first-order valence-electron chi connectivity index (χ1n) is 12.1. The molecule has 1 atom stereocenters. The Labute approximate surface area is 189 Å². The van der Waals surface area contributed by atoms with Gasteiger partial charge in [-0.05, 0) is 51.4 Å². The zero-order valence-electron chi connectivity index (χ0n) is 19.0. The number of methoxy groups -OCH3 is 1. The summed E-state index contributed by atoms with van der Waals surface area (Å²) in [5.74, 6) is 1.82. The van der Waals surface area contributed by atoms with Gasteiger partial charge in [0, 0.05) is 44.7 Å². The Morgan fingerprint density at radius 2 is 1.91 bits per heavy atom. The van der Waals surface area contributed by atoms with Crippen LogP contribution in [0, 0.1) is 5.41 Å². The van der Waals surface area contributed by atoms with Gasteiger partial charge in [0.15, 0.2) is 11.6 Å². The lowest BCUT2D eigenvalue weighted by molar-refractivity contribution is -0.139. The van der Waals surface area contributed by atoms with Crippen molar-refractivity contribution in [3.63, 3.8) is 0 Å². The predicted octanol–water partition coefficient (Wildman–Crippen LogP) is 2.34. The van der Waals surface area contributed by atoms with Crippen LogP contribution in [-0.4, -0.2) is 72.2 Å². The van der Waals surface area contributed by atoms with Crippen molar-refractivity contribution in [2.45, 2.75) is 69.9 Å². The molecule has 0 bridgehead atoms. The monoisotopic (exact) mass is 442 g/mol. The summed E-state index contributed by atoms with van der Waals surface area (Å²) in [6.07, 6.45) is 9.13. The first-order valence-corrected chi connectivity index (χ1v) is 12.1. The number of carbonyl (C=O) groups is 2. The summed E-state index contributed by atoms with van der Waals surface area (Å²) in [4.78, 5) is 36.5. The van der Waals surface area contributed by atoms with Gasteiger partial charge in [0.2, 0.25) is 11.8 Å². The van der Waals surface area contributed by atoms with E-state index in [1.165, 1.54) is 0 Å². The minimum absolute atomic E-state index is 0.130. The smallest absolute Gasteiger partial charge is 0.230 e. The van der Waals surface area contributed by atoms with E-state index in [2.05, 4.69) is 9.80 Å². The summed E-state index contributed by atoms with van der Waals surface area (Å²) >= 11 is 0. The number of likely N-dealkylation sites (tertiary alicyclic amines) is 1. The Morgan fingerprint density at radius 1 is 1.09 bits per heavy atom. The third-order valence-electron chi connectivity index (χ3n) is 7.95. The van der Waals surface area contributed by atoms with E-state index in [-0.39, 0.29) is 29.4 Å². The van der Waals surface area contributed by atoms with Crippen molar-refractivity contribution in [1.29, 1.82) is 0 Å². The number of hydrogen-bond donors (Lipinski definition) is 1. The second kappa shape index (κ2) is 8.54. The lowest BCUT2D eigenvalue weighted by Crippen LogP contribution is -2.50. The van der Waals surface area contributed by atoms with Crippen molar-refractivity contribution >= 4 is 23.3 Å². The van der Waals surface area contributed by atoms with Crippen LogP contribution in [0.25, 0.3) is 0 Å². The van der Waals surface area contributed by atoms with Crippen LogP contribution in [0.3, 0.4) is 0 Å². The maximum absolute atomic E-state index is 13.6. The lowest BCUT2D eigenvalue weighted by atomic mass is 9.78.